The Bertz CT molecular complexity index is 1010. The molecule has 2 aromatic carbocycles. The number of piperidine rings is 1. The number of nitrogens with zero attached hydrogens (tertiary/aromatic N) is 2. The fourth-order valence-corrected chi connectivity index (χ4v) is 4.75. The largest absolute Gasteiger partial charge is 0.496 e. The van der Waals surface area contributed by atoms with Crippen molar-refractivity contribution in [3.8, 4) is 16.3 Å². The van der Waals surface area contributed by atoms with Gasteiger partial charge in [0.05, 0.1) is 19.2 Å². The van der Waals surface area contributed by atoms with E-state index in [9.17, 15) is 4.79 Å². The topological polar surface area (TPSA) is 54.5 Å². The number of ether oxygens (including phenoxy) is 1. The summed E-state index contributed by atoms with van der Waals surface area (Å²) in [5.41, 5.74) is 4.46. The summed E-state index contributed by atoms with van der Waals surface area (Å²) in [7, 11) is 1.65. The number of rotatable bonds is 7. The SMILES string of the molecule is COc1ccccc1CC(=O)N1CCC(NCc2csc(-c3ccc(C)cc3)n2)CC1. The summed E-state index contributed by atoms with van der Waals surface area (Å²) < 4.78 is 5.37. The maximum atomic E-state index is 12.7. The number of likely N-dealkylation sites (tertiary alicyclic amines) is 1. The number of nitrogens with one attached hydrogen (secondary N) is 1. The Morgan fingerprint density at radius 2 is 1.90 bits per heavy atom. The van der Waals surface area contributed by atoms with Crippen molar-refractivity contribution in [3.63, 3.8) is 0 Å². The predicted molar refractivity (Wildman–Crippen MR) is 125 cm³/mol. The van der Waals surface area contributed by atoms with Crippen molar-refractivity contribution in [2.45, 2.75) is 38.8 Å². The number of methoxy groups -OCH3 is 1. The van der Waals surface area contributed by atoms with Gasteiger partial charge in [0.25, 0.3) is 0 Å². The van der Waals surface area contributed by atoms with Crippen LogP contribution >= 0.6 is 11.3 Å². The lowest BCUT2D eigenvalue weighted by Gasteiger charge is -2.32. The summed E-state index contributed by atoms with van der Waals surface area (Å²) in [6, 6.07) is 16.7. The van der Waals surface area contributed by atoms with Crippen LogP contribution in [0.2, 0.25) is 0 Å². The van der Waals surface area contributed by atoms with E-state index in [0.29, 0.717) is 12.5 Å². The molecule has 0 saturated carbocycles. The first kappa shape index (κ1) is 21.5. The Hall–Kier alpha value is -2.70. The molecule has 5 nitrogen and oxygen atoms in total. The molecule has 31 heavy (non-hydrogen) atoms. The molecule has 0 spiro atoms. The number of carbonyl (C=O) groups excluding carboxylic acids is 1. The van der Waals surface area contributed by atoms with Crippen LogP contribution in [0.3, 0.4) is 0 Å². The maximum absolute atomic E-state index is 12.7. The van der Waals surface area contributed by atoms with Crippen molar-refractivity contribution in [3.05, 3.63) is 70.7 Å². The second-order valence-electron chi connectivity index (χ2n) is 8.03. The van der Waals surface area contributed by atoms with Gasteiger partial charge >= 0.3 is 0 Å². The first-order chi connectivity index (χ1) is 15.1. The van der Waals surface area contributed by atoms with Gasteiger partial charge in [0, 0.05) is 42.2 Å². The summed E-state index contributed by atoms with van der Waals surface area (Å²) >= 11 is 1.69. The van der Waals surface area contributed by atoms with Crippen LogP contribution in [0.15, 0.2) is 53.9 Å². The average Bonchev–Trinajstić information content (AvgIpc) is 3.28. The van der Waals surface area contributed by atoms with Crippen LogP contribution in [-0.2, 0) is 17.8 Å². The maximum Gasteiger partial charge on any atom is 0.227 e. The van der Waals surface area contributed by atoms with Crippen molar-refractivity contribution < 1.29 is 9.53 Å². The summed E-state index contributed by atoms with van der Waals surface area (Å²) in [5.74, 6) is 0.950. The Morgan fingerprint density at radius 3 is 2.65 bits per heavy atom. The lowest BCUT2D eigenvalue weighted by Crippen LogP contribution is -2.45. The predicted octanol–water partition coefficient (Wildman–Crippen LogP) is 4.45. The molecule has 1 N–H and O–H groups in total. The Labute approximate surface area is 188 Å². The lowest BCUT2D eigenvalue weighted by molar-refractivity contribution is -0.131. The third kappa shape index (κ3) is 5.51. The summed E-state index contributed by atoms with van der Waals surface area (Å²) in [6.07, 6.45) is 2.32. The van der Waals surface area contributed by atoms with E-state index in [1.165, 1.54) is 11.1 Å². The smallest absolute Gasteiger partial charge is 0.227 e. The van der Waals surface area contributed by atoms with Gasteiger partial charge in [0.15, 0.2) is 0 Å². The van der Waals surface area contributed by atoms with Gasteiger partial charge in [0.1, 0.15) is 10.8 Å². The summed E-state index contributed by atoms with van der Waals surface area (Å²) in [4.78, 5) is 19.5. The van der Waals surface area contributed by atoms with E-state index >= 15 is 0 Å². The monoisotopic (exact) mass is 435 g/mol. The fraction of sp³-hybridized carbons (Fsp3) is 0.360. The minimum absolute atomic E-state index is 0.171. The second-order valence-corrected chi connectivity index (χ2v) is 8.89. The molecule has 1 fully saturated rings. The van der Waals surface area contributed by atoms with E-state index in [4.69, 9.17) is 9.72 Å². The van der Waals surface area contributed by atoms with Crippen LogP contribution in [0.25, 0.3) is 10.6 Å². The Morgan fingerprint density at radius 1 is 1.16 bits per heavy atom. The highest BCUT2D eigenvalue weighted by Crippen LogP contribution is 2.24. The van der Waals surface area contributed by atoms with Crippen LogP contribution in [0.4, 0.5) is 0 Å². The normalized spacial score (nSPS) is 14.6. The van der Waals surface area contributed by atoms with Gasteiger partial charge < -0.3 is 15.0 Å². The van der Waals surface area contributed by atoms with Gasteiger partial charge in [-0.1, -0.05) is 48.0 Å². The Kier molecular flexibility index (Phi) is 6.99. The van der Waals surface area contributed by atoms with E-state index in [-0.39, 0.29) is 5.91 Å². The highest BCUT2D eigenvalue weighted by molar-refractivity contribution is 7.13. The van der Waals surface area contributed by atoms with Crippen molar-refractivity contribution in [2.24, 2.45) is 0 Å². The molecule has 2 heterocycles. The number of thiazole rings is 1. The number of hydrogen-bond donors (Lipinski definition) is 1. The number of hydrogen-bond acceptors (Lipinski definition) is 5. The van der Waals surface area contributed by atoms with Gasteiger partial charge in [-0.2, -0.15) is 0 Å². The zero-order chi connectivity index (χ0) is 21.6. The van der Waals surface area contributed by atoms with Gasteiger partial charge in [-0.25, -0.2) is 4.98 Å². The van der Waals surface area contributed by atoms with E-state index in [1.54, 1.807) is 18.4 Å². The third-order valence-electron chi connectivity index (χ3n) is 5.80. The summed E-state index contributed by atoms with van der Waals surface area (Å²) in [5, 5.41) is 6.82. The first-order valence-corrected chi connectivity index (χ1v) is 11.6. The molecular formula is C25H29N3O2S. The van der Waals surface area contributed by atoms with E-state index in [1.807, 2.05) is 29.2 Å². The number of para-hydroxylation sites is 1. The van der Waals surface area contributed by atoms with Gasteiger partial charge in [-0.3, -0.25) is 4.79 Å². The highest BCUT2D eigenvalue weighted by Gasteiger charge is 2.23. The standard InChI is InChI=1S/C25H29N3O2S/c1-18-7-9-19(10-8-18)25-27-22(17-31-25)16-26-21-11-13-28(14-12-21)24(29)15-20-5-3-4-6-23(20)30-2/h3-10,17,21,26H,11-16H2,1-2H3. The van der Waals surface area contributed by atoms with Crippen molar-refractivity contribution in [2.75, 3.05) is 20.2 Å². The average molecular weight is 436 g/mol. The van der Waals surface area contributed by atoms with Crippen molar-refractivity contribution in [1.82, 2.24) is 15.2 Å². The zero-order valence-electron chi connectivity index (χ0n) is 18.1. The number of amides is 1. The van der Waals surface area contributed by atoms with Gasteiger partial charge in [-0.15, -0.1) is 11.3 Å². The minimum atomic E-state index is 0.171. The molecular weight excluding hydrogens is 406 g/mol. The molecule has 0 aliphatic carbocycles. The Balaban J connectivity index is 1.24. The lowest BCUT2D eigenvalue weighted by atomic mass is 10.0. The number of carbonyl (C=O) groups is 1. The fourth-order valence-electron chi connectivity index (χ4n) is 3.92. The zero-order valence-corrected chi connectivity index (χ0v) is 19.0. The molecule has 6 heteroatoms. The molecule has 1 aromatic heterocycles. The molecule has 1 aliphatic rings. The van der Waals surface area contributed by atoms with Crippen molar-refractivity contribution >= 4 is 17.2 Å². The molecule has 1 aliphatic heterocycles. The minimum Gasteiger partial charge on any atom is -0.496 e. The third-order valence-corrected chi connectivity index (χ3v) is 6.74. The van der Waals surface area contributed by atoms with E-state index in [2.05, 4.69) is 41.9 Å². The van der Waals surface area contributed by atoms with Crippen LogP contribution < -0.4 is 10.1 Å². The van der Waals surface area contributed by atoms with Crippen LogP contribution in [0, 0.1) is 6.92 Å². The number of aryl methyl sites for hydroxylation is 1. The van der Waals surface area contributed by atoms with Crippen LogP contribution in [0.5, 0.6) is 5.75 Å². The van der Waals surface area contributed by atoms with Gasteiger partial charge in [0.2, 0.25) is 5.91 Å². The molecule has 0 unspecified atom stereocenters. The molecule has 3 aromatic rings. The number of benzene rings is 2. The molecule has 1 saturated heterocycles. The first-order valence-electron chi connectivity index (χ1n) is 10.8. The van der Waals surface area contributed by atoms with Crippen molar-refractivity contribution in [1.29, 1.82) is 0 Å². The van der Waals surface area contributed by atoms with Gasteiger partial charge in [-0.05, 0) is 25.8 Å². The molecule has 4 rings (SSSR count). The molecule has 0 atom stereocenters. The second kappa shape index (κ2) is 10.1. The summed E-state index contributed by atoms with van der Waals surface area (Å²) in [6.45, 7) is 4.44. The molecule has 0 radical (unpaired) electrons. The number of aromatic nitrogens is 1. The van der Waals surface area contributed by atoms with Crippen LogP contribution in [0.1, 0.15) is 29.7 Å². The highest BCUT2D eigenvalue weighted by atomic mass is 32.1. The molecule has 162 valence electrons. The van der Waals surface area contributed by atoms with E-state index < -0.39 is 0 Å². The molecule has 1 amide bonds. The van der Waals surface area contributed by atoms with E-state index in [0.717, 1.165) is 54.5 Å². The quantitative estimate of drug-likeness (QED) is 0.596. The van der Waals surface area contributed by atoms with Crippen LogP contribution in [-0.4, -0.2) is 42.0 Å². The molecule has 0 bridgehead atoms.